The van der Waals surface area contributed by atoms with Gasteiger partial charge in [0.25, 0.3) is 0 Å². The van der Waals surface area contributed by atoms with Crippen molar-refractivity contribution in [2.24, 2.45) is 5.92 Å². The van der Waals surface area contributed by atoms with E-state index < -0.39 is 0 Å². The number of carbonyl (C=O) groups excluding carboxylic acids is 3. The predicted octanol–water partition coefficient (Wildman–Crippen LogP) is 2.68. The van der Waals surface area contributed by atoms with Gasteiger partial charge in [-0.2, -0.15) is 0 Å². The van der Waals surface area contributed by atoms with E-state index in [9.17, 15) is 14.4 Å². The highest BCUT2D eigenvalue weighted by Gasteiger charge is 2.28. The molecule has 0 unspecified atom stereocenters. The molecule has 1 saturated heterocycles. The van der Waals surface area contributed by atoms with Crippen molar-refractivity contribution in [1.82, 2.24) is 10.2 Å². The minimum Gasteiger partial charge on any atom is -0.497 e. The summed E-state index contributed by atoms with van der Waals surface area (Å²) in [5, 5.41) is 5.47. The Hall–Kier alpha value is -3.35. The number of nitrogens with one attached hydrogen (secondary N) is 2. The van der Waals surface area contributed by atoms with Crippen LogP contribution in [0.5, 0.6) is 5.75 Å². The summed E-state index contributed by atoms with van der Waals surface area (Å²) in [7, 11) is 1.64. The van der Waals surface area contributed by atoms with Gasteiger partial charge in [-0.05, 0) is 48.2 Å². The Kier molecular flexibility index (Phi) is 7.06. The maximum Gasteiger partial charge on any atom is 0.241 e. The molecule has 0 saturated carbocycles. The molecular formula is C23H27N3O4. The molecule has 0 aliphatic carbocycles. The fourth-order valence-electron chi connectivity index (χ4n) is 3.52. The molecule has 1 heterocycles. The first-order valence-corrected chi connectivity index (χ1v) is 10.0. The van der Waals surface area contributed by atoms with Crippen molar-refractivity contribution in [1.29, 1.82) is 0 Å². The SMILES string of the molecule is COc1cccc(-c2ccc(NC(=O)[C@@H]3CCCN(C(=O)CNC(C)=O)C3)cc2)c1. The predicted molar refractivity (Wildman–Crippen MR) is 115 cm³/mol. The van der Waals surface area contributed by atoms with Gasteiger partial charge in [-0.15, -0.1) is 0 Å². The van der Waals surface area contributed by atoms with Crippen molar-refractivity contribution in [3.63, 3.8) is 0 Å². The molecular weight excluding hydrogens is 382 g/mol. The first-order valence-electron chi connectivity index (χ1n) is 10.0. The quantitative estimate of drug-likeness (QED) is 0.768. The molecule has 7 nitrogen and oxygen atoms in total. The van der Waals surface area contributed by atoms with Gasteiger partial charge in [0.1, 0.15) is 5.75 Å². The molecule has 0 spiro atoms. The van der Waals surface area contributed by atoms with Crippen LogP contribution < -0.4 is 15.4 Å². The third kappa shape index (κ3) is 5.59. The van der Waals surface area contributed by atoms with Crippen molar-refractivity contribution in [3.05, 3.63) is 48.5 Å². The van der Waals surface area contributed by atoms with Gasteiger partial charge in [-0.25, -0.2) is 0 Å². The molecule has 2 N–H and O–H groups in total. The minimum absolute atomic E-state index is 0.0323. The Labute approximate surface area is 176 Å². The molecule has 1 atom stereocenters. The second-order valence-corrected chi connectivity index (χ2v) is 7.39. The summed E-state index contributed by atoms with van der Waals surface area (Å²) >= 11 is 0. The standard InChI is InChI=1S/C23H27N3O4/c1-16(27)24-14-22(28)26-12-4-6-19(15-26)23(29)25-20-10-8-17(9-11-20)18-5-3-7-21(13-18)30-2/h3,5,7-11,13,19H,4,6,12,14-15H2,1-2H3,(H,24,27)(H,25,29)/t19-/m1/s1. The van der Waals surface area contributed by atoms with Crippen LogP contribution in [0.3, 0.4) is 0 Å². The highest BCUT2D eigenvalue weighted by atomic mass is 16.5. The van der Waals surface area contributed by atoms with E-state index in [-0.39, 0.29) is 30.2 Å². The lowest BCUT2D eigenvalue weighted by atomic mass is 9.96. The number of piperidine rings is 1. The third-order valence-electron chi connectivity index (χ3n) is 5.19. The Morgan fingerprint density at radius 1 is 1.10 bits per heavy atom. The van der Waals surface area contributed by atoms with Gasteiger partial charge in [-0.1, -0.05) is 24.3 Å². The molecule has 1 fully saturated rings. The van der Waals surface area contributed by atoms with Gasteiger partial charge in [0, 0.05) is 25.7 Å². The van der Waals surface area contributed by atoms with Crippen molar-refractivity contribution >= 4 is 23.4 Å². The number of anilines is 1. The van der Waals surface area contributed by atoms with E-state index in [1.165, 1.54) is 6.92 Å². The fraction of sp³-hybridized carbons (Fsp3) is 0.348. The average molecular weight is 409 g/mol. The number of carbonyl (C=O) groups is 3. The molecule has 1 aliphatic heterocycles. The molecule has 0 radical (unpaired) electrons. The first-order chi connectivity index (χ1) is 14.5. The van der Waals surface area contributed by atoms with Crippen LogP contribution in [0.4, 0.5) is 5.69 Å². The molecule has 1 aliphatic rings. The molecule has 3 amide bonds. The van der Waals surface area contributed by atoms with Crippen molar-refractivity contribution in [2.75, 3.05) is 32.1 Å². The Balaban J connectivity index is 1.58. The molecule has 3 rings (SSSR count). The molecule has 7 heteroatoms. The van der Waals surface area contributed by atoms with Crippen LogP contribution in [0.2, 0.25) is 0 Å². The first kappa shape index (κ1) is 21.4. The lowest BCUT2D eigenvalue weighted by molar-refractivity contribution is -0.135. The molecule has 2 aromatic rings. The fourth-order valence-corrected chi connectivity index (χ4v) is 3.52. The number of nitrogens with zero attached hydrogens (tertiary/aromatic N) is 1. The van der Waals surface area contributed by atoms with Crippen molar-refractivity contribution in [3.8, 4) is 16.9 Å². The van der Waals surface area contributed by atoms with Crippen LogP contribution in [0.25, 0.3) is 11.1 Å². The number of rotatable bonds is 6. The Bertz CT molecular complexity index is 911. The van der Waals surface area contributed by atoms with Gasteiger partial charge in [-0.3, -0.25) is 14.4 Å². The van der Waals surface area contributed by atoms with Gasteiger partial charge in [0.05, 0.1) is 19.6 Å². The van der Waals surface area contributed by atoms with E-state index in [0.29, 0.717) is 18.8 Å². The third-order valence-corrected chi connectivity index (χ3v) is 5.19. The van der Waals surface area contributed by atoms with Crippen LogP contribution in [0.1, 0.15) is 19.8 Å². The second kappa shape index (κ2) is 9.91. The highest BCUT2D eigenvalue weighted by Crippen LogP contribution is 2.25. The smallest absolute Gasteiger partial charge is 0.241 e. The van der Waals surface area contributed by atoms with E-state index >= 15 is 0 Å². The van der Waals surface area contributed by atoms with Crippen LogP contribution in [0, 0.1) is 5.92 Å². The summed E-state index contributed by atoms with van der Waals surface area (Å²) in [6.45, 7) is 2.32. The summed E-state index contributed by atoms with van der Waals surface area (Å²) in [6, 6.07) is 15.4. The Morgan fingerprint density at radius 2 is 1.87 bits per heavy atom. The van der Waals surface area contributed by atoms with Crippen LogP contribution in [-0.4, -0.2) is 49.4 Å². The number of methoxy groups -OCH3 is 1. The normalized spacial score (nSPS) is 15.9. The summed E-state index contributed by atoms with van der Waals surface area (Å²) < 4.78 is 5.27. The molecule has 0 bridgehead atoms. The van der Waals surface area contributed by atoms with E-state index in [1.54, 1.807) is 12.0 Å². The highest BCUT2D eigenvalue weighted by molar-refractivity contribution is 5.93. The van der Waals surface area contributed by atoms with Gasteiger partial charge in [0.2, 0.25) is 17.7 Å². The van der Waals surface area contributed by atoms with Gasteiger partial charge in [0.15, 0.2) is 0 Å². The minimum atomic E-state index is -0.266. The lowest BCUT2D eigenvalue weighted by Gasteiger charge is -2.32. The number of benzene rings is 2. The van der Waals surface area contributed by atoms with Crippen LogP contribution in [0.15, 0.2) is 48.5 Å². The maximum absolute atomic E-state index is 12.7. The van der Waals surface area contributed by atoms with Gasteiger partial charge < -0.3 is 20.3 Å². The number of hydrogen-bond donors (Lipinski definition) is 2. The topological polar surface area (TPSA) is 87.7 Å². The van der Waals surface area contributed by atoms with Crippen LogP contribution >= 0.6 is 0 Å². The molecule has 0 aromatic heterocycles. The maximum atomic E-state index is 12.7. The van der Waals surface area contributed by atoms with E-state index in [1.807, 2.05) is 48.5 Å². The molecule has 2 aromatic carbocycles. The van der Waals surface area contributed by atoms with E-state index in [0.717, 1.165) is 29.7 Å². The molecule has 30 heavy (non-hydrogen) atoms. The summed E-state index contributed by atoms with van der Waals surface area (Å²) in [6.07, 6.45) is 1.50. The number of ether oxygens (including phenoxy) is 1. The molecule has 158 valence electrons. The largest absolute Gasteiger partial charge is 0.497 e. The zero-order valence-electron chi connectivity index (χ0n) is 17.3. The lowest BCUT2D eigenvalue weighted by Crippen LogP contribution is -2.47. The Morgan fingerprint density at radius 3 is 2.57 bits per heavy atom. The summed E-state index contributed by atoms with van der Waals surface area (Å²) in [4.78, 5) is 37.6. The number of hydrogen-bond acceptors (Lipinski definition) is 4. The van der Waals surface area contributed by atoms with Crippen LogP contribution in [-0.2, 0) is 14.4 Å². The summed E-state index contributed by atoms with van der Waals surface area (Å²) in [5.41, 5.74) is 2.78. The van der Waals surface area contributed by atoms with Crippen molar-refractivity contribution in [2.45, 2.75) is 19.8 Å². The number of amides is 3. The second-order valence-electron chi connectivity index (χ2n) is 7.39. The monoisotopic (exact) mass is 409 g/mol. The summed E-state index contributed by atoms with van der Waals surface area (Å²) in [5.74, 6) is 0.0245. The number of likely N-dealkylation sites (tertiary alicyclic amines) is 1. The van der Waals surface area contributed by atoms with Gasteiger partial charge >= 0.3 is 0 Å². The van der Waals surface area contributed by atoms with E-state index in [2.05, 4.69) is 10.6 Å². The van der Waals surface area contributed by atoms with E-state index in [4.69, 9.17) is 4.74 Å². The zero-order chi connectivity index (χ0) is 21.5. The van der Waals surface area contributed by atoms with Crippen molar-refractivity contribution < 1.29 is 19.1 Å². The zero-order valence-corrected chi connectivity index (χ0v) is 17.3. The average Bonchev–Trinajstić information content (AvgIpc) is 2.78.